The van der Waals surface area contributed by atoms with Crippen LogP contribution in [0.25, 0.3) is 0 Å². The lowest BCUT2D eigenvalue weighted by Gasteiger charge is -2.26. The molecule has 2 saturated heterocycles. The molecule has 306 valence electrons. The van der Waals surface area contributed by atoms with Crippen molar-refractivity contribution in [2.75, 3.05) is 72.5 Å². The van der Waals surface area contributed by atoms with Gasteiger partial charge in [-0.05, 0) is 80.0 Å². The number of hydrogen-bond acceptors (Lipinski definition) is 10. The molecule has 0 radical (unpaired) electrons. The van der Waals surface area contributed by atoms with Gasteiger partial charge in [0.25, 0.3) is 21.9 Å². The van der Waals surface area contributed by atoms with Crippen molar-refractivity contribution in [3.05, 3.63) is 70.8 Å². The summed E-state index contributed by atoms with van der Waals surface area (Å²) in [6, 6.07) is 6.09. The molecule has 56 heavy (non-hydrogen) atoms. The van der Waals surface area contributed by atoms with Gasteiger partial charge in [-0.25, -0.2) is 0 Å². The van der Waals surface area contributed by atoms with Gasteiger partial charge in [0.05, 0.1) is 33.5 Å². The third-order valence-electron chi connectivity index (χ3n) is 11.3. The highest BCUT2D eigenvalue weighted by Gasteiger charge is 2.46. The molecule has 0 aromatic heterocycles. The lowest BCUT2D eigenvalue weighted by molar-refractivity contribution is 0.0709. The molecule has 6 rings (SSSR count). The first-order chi connectivity index (χ1) is 26.7. The number of amides is 2. The fourth-order valence-corrected chi connectivity index (χ4v) is 11.3. The summed E-state index contributed by atoms with van der Waals surface area (Å²) < 4.78 is 73.5. The Morgan fingerprint density at radius 3 is 1.82 bits per heavy atom. The molecule has 16 heteroatoms. The van der Waals surface area contributed by atoms with Crippen molar-refractivity contribution in [3.63, 3.8) is 0 Å². The van der Waals surface area contributed by atoms with Crippen molar-refractivity contribution in [2.45, 2.75) is 63.3 Å². The second kappa shape index (κ2) is 17.3. The third-order valence-corrected chi connectivity index (χ3v) is 15.2. The highest BCUT2D eigenvalue weighted by atomic mass is 32.2. The van der Waals surface area contributed by atoms with Crippen LogP contribution in [0, 0.1) is 5.92 Å². The van der Waals surface area contributed by atoms with E-state index in [0.717, 1.165) is 30.5 Å². The Morgan fingerprint density at radius 1 is 0.786 bits per heavy atom. The predicted octanol–water partition coefficient (Wildman–Crippen LogP) is 4.58. The molecule has 4 aliphatic rings. The SMILES string of the molecule is C=C1C[C@H]2C(C)Cc3cc(OCCP(=O)(CCOc4cc5c(cc4OC)C(=O)N4CC(=C)C[C@H]4C(S(=O)(=O)O)C5)NCCNCCC)c(OC)cc3C(=O)N2C1. The second-order valence-corrected chi connectivity index (χ2v) is 20.0. The van der Waals surface area contributed by atoms with Gasteiger partial charge in [0.1, 0.15) is 5.25 Å². The van der Waals surface area contributed by atoms with Crippen LogP contribution >= 0.6 is 7.29 Å². The second-order valence-electron chi connectivity index (χ2n) is 15.4. The van der Waals surface area contributed by atoms with Crippen LogP contribution in [0.5, 0.6) is 23.0 Å². The lowest BCUT2D eigenvalue weighted by Crippen LogP contribution is -2.44. The zero-order valence-electron chi connectivity index (χ0n) is 32.8. The van der Waals surface area contributed by atoms with E-state index in [4.69, 9.17) is 18.9 Å². The molecule has 4 aliphatic heterocycles. The summed E-state index contributed by atoms with van der Waals surface area (Å²) in [7, 11) is -4.67. The van der Waals surface area contributed by atoms with Crippen molar-refractivity contribution >= 4 is 29.2 Å². The third kappa shape index (κ3) is 8.97. The van der Waals surface area contributed by atoms with Crippen molar-refractivity contribution in [1.29, 1.82) is 0 Å². The summed E-state index contributed by atoms with van der Waals surface area (Å²) in [5.41, 5.74) is 3.93. The van der Waals surface area contributed by atoms with E-state index in [2.05, 4.69) is 37.4 Å². The van der Waals surface area contributed by atoms with E-state index >= 15 is 0 Å². The molecule has 3 N–H and O–H groups in total. The molecule has 0 saturated carbocycles. The smallest absolute Gasteiger partial charge is 0.270 e. The minimum Gasteiger partial charge on any atom is -0.493 e. The average molecular weight is 815 g/mol. The summed E-state index contributed by atoms with van der Waals surface area (Å²) >= 11 is 0. The van der Waals surface area contributed by atoms with Crippen molar-refractivity contribution in [3.8, 4) is 23.0 Å². The molecule has 2 aromatic rings. The van der Waals surface area contributed by atoms with Gasteiger partial charge in [-0.3, -0.25) is 19.2 Å². The van der Waals surface area contributed by atoms with Crippen molar-refractivity contribution in [1.82, 2.24) is 20.2 Å². The van der Waals surface area contributed by atoms with E-state index in [1.165, 1.54) is 25.2 Å². The van der Waals surface area contributed by atoms with Gasteiger partial charge in [-0.15, -0.1) is 0 Å². The Labute approximate surface area is 330 Å². The van der Waals surface area contributed by atoms with Crippen molar-refractivity contribution in [2.24, 2.45) is 5.92 Å². The summed E-state index contributed by atoms with van der Waals surface area (Å²) in [6.45, 7) is 15.1. The fourth-order valence-electron chi connectivity index (χ4n) is 8.40. The number of benzene rings is 2. The van der Waals surface area contributed by atoms with Crippen molar-refractivity contribution < 1.29 is 46.1 Å². The lowest BCUT2D eigenvalue weighted by atomic mass is 9.91. The molecule has 3 unspecified atom stereocenters. The molecule has 2 fully saturated rings. The molecule has 0 aliphatic carbocycles. The number of carbonyl (C=O) groups excluding carboxylic acids is 2. The summed E-state index contributed by atoms with van der Waals surface area (Å²) in [4.78, 5) is 30.6. The van der Waals surface area contributed by atoms with Crippen LogP contribution in [0.4, 0.5) is 0 Å². The molecular weight excluding hydrogens is 759 g/mol. The minimum atomic E-state index is -4.52. The van der Waals surface area contributed by atoms with Gasteiger partial charge >= 0.3 is 0 Å². The van der Waals surface area contributed by atoms with Crippen LogP contribution in [-0.2, 0) is 27.5 Å². The molecule has 0 spiro atoms. The Morgan fingerprint density at radius 2 is 1.30 bits per heavy atom. The van der Waals surface area contributed by atoms with Gasteiger partial charge in [0, 0.05) is 55.7 Å². The van der Waals surface area contributed by atoms with E-state index in [-0.39, 0.29) is 85.8 Å². The van der Waals surface area contributed by atoms with Gasteiger partial charge in [-0.1, -0.05) is 38.2 Å². The predicted molar refractivity (Wildman–Crippen MR) is 215 cm³/mol. The maximum atomic E-state index is 14.5. The Bertz CT molecular complexity index is 2020. The van der Waals surface area contributed by atoms with E-state index in [0.29, 0.717) is 54.3 Å². The average Bonchev–Trinajstić information content (AvgIpc) is 3.69. The molecule has 14 nitrogen and oxygen atoms in total. The van der Waals surface area contributed by atoms with E-state index in [1.807, 2.05) is 11.0 Å². The monoisotopic (exact) mass is 814 g/mol. The highest BCUT2D eigenvalue weighted by Crippen LogP contribution is 2.43. The van der Waals surface area contributed by atoms with E-state index in [9.17, 15) is 27.1 Å². The molecule has 5 atom stereocenters. The molecule has 2 amide bonds. The van der Waals surface area contributed by atoms with Crippen LogP contribution in [-0.4, -0.2) is 124 Å². The first-order valence-corrected chi connectivity index (χ1v) is 22.9. The first kappa shape index (κ1) is 41.7. The van der Waals surface area contributed by atoms with Crippen LogP contribution < -0.4 is 29.4 Å². The molecule has 4 heterocycles. The number of nitrogens with zero attached hydrogens (tertiary/aromatic N) is 2. The number of rotatable bonds is 17. The summed E-state index contributed by atoms with van der Waals surface area (Å²) in [5, 5.41) is 5.33. The standard InChI is InChI=1S/C40H55N4O10PS/c1-7-8-41-9-10-42-55(47,13-11-53-36-18-28-17-27(4)32-15-25(2)23-43(32)39(45)30(28)21-34(36)51-5)14-12-54-37-19-29-20-38(56(48,49)50)33-16-26(3)24-44(33)40(46)31(29)22-35(37)52-6/h18-19,21-22,27,32-33,38,41H,2-3,7-17,20,23-24H2,1,4-6H3,(H,42,47)(H,48,49,50)/t27?,32-,33-,38?,55?/m0/s1. The molecular formula is C40H55N4O10PS. The van der Waals surface area contributed by atoms with Crippen LogP contribution in [0.3, 0.4) is 0 Å². The van der Waals surface area contributed by atoms with Crippen LogP contribution in [0.2, 0.25) is 0 Å². The number of nitrogens with one attached hydrogen (secondary N) is 2. The maximum Gasteiger partial charge on any atom is 0.270 e. The Hall–Kier alpha value is -3.88. The largest absolute Gasteiger partial charge is 0.493 e. The number of hydrogen-bond donors (Lipinski definition) is 3. The summed E-state index contributed by atoms with van der Waals surface area (Å²) in [6.07, 6.45) is 2.93. The normalized spacial score (nSPS) is 23.1. The van der Waals surface area contributed by atoms with E-state index in [1.54, 1.807) is 12.1 Å². The summed E-state index contributed by atoms with van der Waals surface area (Å²) in [5.74, 6) is 1.24. The maximum absolute atomic E-state index is 14.5. The van der Waals surface area contributed by atoms with Gasteiger partial charge in [0.15, 0.2) is 30.3 Å². The van der Waals surface area contributed by atoms with Gasteiger partial charge < -0.3 is 38.6 Å². The number of methoxy groups -OCH3 is 2. The van der Waals surface area contributed by atoms with E-state index < -0.39 is 28.7 Å². The number of carbonyl (C=O) groups is 2. The topological polar surface area (TPSA) is 173 Å². The number of fused-ring (bicyclic) bond motifs is 4. The zero-order chi connectivity index (χ0) is 40.4. The Balaban J connectivity index is 1.17. The van der Waals surface area contributed by atoms with Crippen LogP contribution in [0.15, 0.2) is 48.6 Å². The van der Waals surface area contributed by atoms with Gasteiger partial charge in [-0.2, -0.15) is 8.42 Å². The minimum absolute atomic E-state index is 0.0122. The Kier molecular flexibility index (Phi) is 12.9. The molecule has 2 aromatic carbocycles. The first-order valence-electron chi connectivity index (χ1n) is 19.3. The van der Waals surface area contributed by atoms with Gasteiger partial charge in [0.2, 0.25) is 0 Å². The number of ether oxygens (including phenoxy) is 4. The highest BCUT2D eigenvalue weighted by molar-refractivity contribution is 7.86. The zero-order valence-corrected chi connectivity index (χ0v) is 34.5. The fraction of sp³-hybridized carbons (Fsp3) is 0.550. The quantitative estimate of drug-likeness (QED) is 0.0881. The molecule has 0 bridgehead atoms. The van der Waals surface area contributed by atoms with Crippen LogP contribution in [0.1, 0.15) is 65.0 Å².